The largest absolute Gasteiger partial charge is 0.323 e. The number of halogens is 3. The van der Waals surface area contributed by atoms with Crippen LogP contribution in [0, 0.1) is 5.82 Å². The Morgan fingerprint density at radius 3 is 2.91 bits per heavy atom. The Morgan fingerprint density at radius 2 is 2.17 bits per heavy atom. The van der Waals surface area contributed by atoms with Gasteiger partial charge in [0, 0.05) is 10.6 Å². The van der Waals surface area contributed by atoms with Crippen LogP contribution in [0.15, 0.2) is 46.5 Å². The third-order valence-electron chi connectivity index (χ3n) is 3.54. The summed E-state index contributed by atoms with van der Waals surface area (Å²) in [6.45, 7) is 0. The summed E-state index contributed by atoms with van der Waals surface area (Å²) in [5, 5.41) is 7.78. The van der Waals surface area contributed by atoms with Crippen molar-refractivity contribution in [1.29, 1.82) is 0 Å². The minimum atomic E-state index is -0.460. The zero-order valence-corrected chi connectivity index (χ0v) is 14.7. The third kappa shape index (κ3) is 2.58. The number of fused-ring (bicyclic) bond motifs is 1. The van der Waals surface area contributed by atoms with E-state index in [1.165, 1.54) is 12.4 Å². The van der Waals surface area contributed by atoms with E-state index in [9.17, 15) is 4.39 Å². The molecule has 1 aliphatic rings. The van der Waals surface area contributed by atoms with Gasteiger partial charge in [0.25, 0.3) is 0 Å². The number of nitrogens with one attached hydrogen (secondary N) is 1. The molecule has 8 heteroatoms. The van der Waals surface area contributed by atoms with Crippen molar-refractivity contribution in [3.63, 3.8) is 0 Å². The van der Waals surface area contributed by atoms with Gasteiger partial charge in [-0.3, -0.25) is 0 Å². The SMILES string of the molecule is Fc1cccc(Cl)c1C1C=C(c2ccc(Br)s2)Nc2ncnn21. The van der Waals surface area contributed by atoms with Crippen molar-refractivity contribution >= 4 is 50.5 Å². The maximum absolute atomic E-state index is 14.4. The molecule has 4 nitrogen and oxygen atoms in total. The average molecular weight is 412 g/mol. The number of hydrogen-bond donors (Lipinski definition) is 1. The smallest absolute Gasteiger partial charge is 0.226 e. The van der Waals surface area contributed by atoms with Gasteiger partial charge < -0.3 is 5.32 Å². The fourth-order valence-corrected chi connectivity index (χ4v) is 4.18. The predicted molar refractivity (Wildman–Crippen MR) is 93.2 cm³/mol. The summed E-state index contributed by atoms with van der Waals surface area (Å²) < 4.78 is 17.0. The second kappa shape index (κ2) is 5.74. The maximum atomic E-state index is 14.4. The molecular weight excluding hydrogens is 403 g/mol. The van der Waals surface area contributed by atoms with Crippen LogP contribution in [0.5, 0.6) is 0 Å². The Labute approximate surface area is 148 Å². The molecule has 0 spiro atoms. The van der Waals surface area contributed by atoms with Gasteiger partial charge in [0.2, 0.25) is 5.95 Å². The molecule has 0 fully saturated rings. The van der Waals surface area contributed by atoms with E-state index in [0.717, 1.165) is 14.4 Å². The van der Waals surface area contributed by atoms with Crippen LogP contribution in [-0.2, 0) is 0 Å². The third-order valence-corrected chi connectivity index (χ3v) is 5.53. The number of allylic oxidation sites excluding steroid dienone is 1. The van der Waals surface area contributed by atoms with E-state index in [2.05, 4.69) is 31.3 Å². The van der Waals surface area contributed by atoms with Crippen LogP contribution in [0.3, 0.4) is 0 Å². The van der Waals surface area contributed by atoms with E-state index in [-0.39, 0.29) is 5.82 Å². The number of benzene rings is 1. The van der Waals surface area contributed by atoms with Crippen LogP contribution in [-0.4, -0.2) is 14.8 Å². The minimum Gasteiger partial charge on any atom is -0.323 e. The highest BCUT2D eigenvalue weighted by molar-refractivity contribution is 9.11. The summed E-state index contributed by atoms with van der Waals surface area (Å²) in [5.41, 5.74) is 1.24. The molecule has 1 unspecified atom stereocenters. The molecule has 3 heterocycles. The minimum absolute atomic E-state index is 0.362. The fourth-order valence-electron chi connectivity index (χ4n) is 2.54. The molecular formula is C15H9BrClFN4S. The molecule has 0 bridgehead atoms. The second-order valence-corrected chi connectivity index (χ2v) is 7.79. The van der Waals surface area contributed by atoms with Gasteiger partial charge in [-0.1, -0.05) is 17.7 Å². The van der Waals surface area contributed by atoms with Crippen LogP contribution in [0.2, 0.25) is 5.02 Å². The van der Waals surface area contributed by atoms with E-state index in [1.807, 2.05) is 18.2 Å². The summed E-state index contributed by atoms with van der Waals surface area (Å²) in [5.74, 6) is 0.185. The molecule has 116 valence electrons. The van der Waals surface area contributed by atoms with Crippen LogP contribution >= 0.6 is 38.9 Å². The van der Waals surface area contributed by atoms with Crippen LogP contribution in [0.25, 0.3) is 5.70 Å². The lowest BCUT2D eigenvalue weighted by Gasteiger charge is -2.24. The summed E-state index contributed by atoms with van der Waals surface area (Å²) in [6, 6.07) is 8.15. The molecule has 2 aromatic heterocycles. The first-order valence-electron chi connectivity index (χ1n) is 6.71. The number of anilines is 1. The zero-order valence-electron chi connectivity index (χ0n) is 11.5. The number of hydrogen-bond acceptors (Lipinski definition) is 4. The highest BCUT2D eigenvalue weighted by Gasteiger charge is 2.27. The Balaban J connectivity index is 1.89. The number of nitrogens with zero attached hydrogens (tertiary/aromatic N) is 3. The van der Waals surface area contributed by atoms with Crippen LogP contribution < -0.4 is 5.32 Å². The van der Waals surface area contributed by atoms with Gasteiger partial charge in [-0.25, -0.2) is 9.07 Å². The fraction of sp³-hybridized carbons (Fsp3) is 0.0667. The van der Waals surface area contributed by atoms with Gasteiger partial charge in [0.05, 0.1) is 14.4 Å². The molecule has 1 aliphatic heterocycles. The summed E-state index contributed by atoms with van der Waals surface area (Å²) in [7, 11) is 0. The highest BCUT2D eigenvalue weighted by atomic mass is 79.9. The first kappa shape index (κ1) is 14.9. The number of thiophene rings is 1. The summed E-state index contributed by atoms with van der Waals surface area (Å²) in [4.78, 5) is 5.22. The van der Waals surface area contributed by atoms with Gasteiger partial charge in [-0.2, -0.15) is 10.1 Å². The molecule has 3 aromatic rings. The Morgan fingerprint density at radius 1 is 1.30 bits per heavy atom. The molecule has 0 saturated heterocycles. The lowest BCUT2D eigenvalue weighted by Crippen LogP contribution is -2.21. The van der Waals surface area contributed by atoms with Crippen molar-refractivity contribution in [3.8, 4) is 0 Å². The number of rotatable bonds is 2. The second-order valence-electron chi connectivity index (χ2n) is 4.92. The standard InChI is InChI=1S/C15H9BrClFN4S/c16-13-5-4-12(23-13)10-6-11(22-15(21-10)19-7-20-22)14-8(17)2-1-3-9(14)18/h1-7,11H,(H,19,20,21). The van der Waals surface area contributed by atoms with E-state index in [4.69, 9.17) is 11.6 Å². The number of aromatic nitrogens is 3. The monoisotopic (exact) mass is 410 g/mol. The maximum Gasteiger partial charge on any atom is 0.226 e. The van der Waals surface area contributed by atoms with Crippen molar-refractivity contribution in [2.45, 2.75) is 6.04 Å². The van der Waals surface area contributed by atoms with Gasteiger partial charge in [-0.15, -0.1) is 11.3 Å². The molecule has 1 N–H and O–H groups in total. The quantitative estimate of drug-likeness (QED) is 0.649. The van der Waals surface area contributed by atoms with E-state index in [0.29, 0.717) is 16.5 Å². The molecule has 1 atom stereocenters. The van der Waals surface area contributed by atoms with Gasteiger partial charge in [0.15, 0.2) is 0 Å². The predicted octanol–water partition coefficient (Wildman–Crippen LogP) is 4.95. The topological polar surface area (TPSA) is 42.7 Å². The summed E-state index contributed by atoms with van der Waals surface area (Å²) in [6.07, 6.45) is 3.34. The van der Waals surface area contributed by atoms with Crippen molar-refractivity contribution < 1.29 is 4.39 Å². The van der Waals surface area contributed by atoms with E-state index in [1.54, 1.807) is 28.2 Å². The Kier molecular flexibility index (Phi) is 3.71. The summed E-state index contributed by atoms with van der Waals surface area (Å²) >= 11 is 11.3. The zero-order chi connectivity index (χ0) is 16.0. The van der Waals surface area contributed by atoms with Crippen LogP contribution in [0.1, 0.15) is 16.5 Å². The molecule has 0 radical (unpaired) electrons. The van der Waals surface area contributed by atoms with Crippen molar-refractivity contribution in [2.24, 2.45) is 0 Å². The first-order valence-corrected chi connectivity index (χ1v) is 8.70. The van der Waals surface area contributed by atoms with Gasteiger partial charge >= 0.3 is 0 Å². The Hall–Kier alpha value is -1.70. The lowest BCUT2D eigenvalue weighted by molar-refractivity contribution is 0.552. The molecule has 23 heavy (non-hydrogen) atoms. The molecule has 0 saturated carbocycles. The normalized spacial score (nSPS) is 16.7. The molecule has 0 aliphatic carbocycles. The lowest BCUT2D eigenvalue weighted by atomic mass is 10.0. The van der Waals surface area contributed by atoms with E-state index >= 15 is 0 Å². The highest BCUT2D eigenvalue weighted by Crippen LogP contribution is 2.38. The molecule has 1 aromatic carbocycles. The van der Waals surface area contributed by atoms with Crippen molar-refractivity contribution in [1.82, 2.24) is 14.8 Å². The van der Waals surface area contributed by atoms with Crippen molar-refractivity contribution in [2.75, 3.05) is 5.32 Å². The molecule has 0 amide bonds. The van der Waals surface area contributed by atoms with E-state index < -0.39 is 6.04 Å². The van der Waals surface area contributed by atoms with Gasteiger partial charge in [-0.05, 0) is 46.3 Å². The van der Waals surface area contributed by atoms with Crippen LogP contribution in [0.4, 0.5) is 10.3 Å². The first-order chi connectivity index (χ1) is 11.1. The van der Waals surface area contributed by atoms with Gasteiger partial charge in [0.1, 0.15) is 18.2 Å². The van der Waals surface area contributed by atoms with Crippen molar-refractivity contribution in [3.05, 3.63) is 67.8 Å². The average Bonchev–Trinajstić information content (AvgIpc) is 3.15. The Bertz CT molecular complexity index is 900. The molecule has 4 rings (SSSR count).